The Balaban J connectivity index is 2.22. The van der Waals surface area contributed by atoms with E-state index in [9.17, 15) is 0 Å². The van der Waals surface area contributed by atoms with Crippen molar-refractivity contribution >= 4 is 11.6 Å². The largest absolute Gasteiger partial charge is 0.488 e. The maximum absolute atomic E-state index is 8.62. The molecule has 0 fully saturated rings. The molecule has 0 aliphatic carbocycles. The second-order valence-corrected chi connectivity index (χ2v) is 3.55. The van der Waals surface area contributed by atoms with E-state index in [2.05, 4.69) is 5.10 Å². The molecule has 1 aromatic carbocycles. The van der Waals surface area contributed by atoms with Crippen LogP contribution in [0.3, 0.4) is 0 Å². The van der Waals surface area contributed by atoms with Gasteiger partial charge >= 0.3 is 0 Å². The van der Waals surface area contributed by atoms with Crippen molar-refractivity contribution in [3.05, 3.63) is 41.7 Å². The van der Waals surface area contributed by atoms with E-state index in [0.29, 0.717) is 10.8 Å². The number of halogens is 1. The van der Waals surface area contributed by atoms with E-state index in [1.807, 2.05) is 18.2 Å². The Hall–Kier alpha value is -1.52. The lowest BCUT2D eigenvalue weighted by Gasteiger charge is -2.02. The first-order valence-electron chi connectivity index (χ1n) is 4.84. The molecule has 0 atom stereocenters. The molecular formula is C11H11ClN2O2. The third-order valence-electron chi connectivity index (χ3n) is 2.02. The van der Waals surface area contributed by atoms with Gasteiger partial charge in [0.1, 0.15) is 6.61 Å². The van der Waals surface area contributed by atoms with Crippen LogP contribution in [0.1, 0.15) is 0 Å². The number of ether oxygens (including phenoxy) is 1. The van der Waals surface area contributed by atoms with Crippen LogP contribution in [0.2, 0.25) is 5.02 Å². The fraction of sp³-hybridized carbons (Fsp3) is 0.182. The van der Waals surface area contributed by atoms with Crippen molar-refractivity contribution in [2.75, 3.05) is 13.2 Å². The minimum absolute atomic E-state index is 0.0166. The van der Waals surface area contributed by atoms with E-state index in [4.69, 9.17) is 21.4 Å². The Morgan fingerprint density at radius 1 is 1.38 bits per heavy atom. The topological polar surface area (TPSA) is 47.3 Å². The molecule has 0 radical (unpaired) electrons. The first kappa shape index (κ1) is 11.0. The van der Waals surface area contributed by atoms with E-state index >= 15 is 0 Å². The van der Waals surface area contributed by atoms with Crippen LogP contribution < -0.4 is 4.74 Å². The molecule has 5 heteroatoms. The summed E-state index contributed by atoms with van der Waals surface area (Å²) in [5, 5.41) is 13.4. The van der Waals surface area contributed by atoms with Crippen LogP contribution in [0.5, 0.6) is 5.75 Å². The zero-order valence-corrected chi connectivity index (χ0v) is 9.26. The van der Waals surface area contributed by atoms with Crippen LogP contribution in [0, 0.1) is 0 Å². The normalized spacial score (nSPS) is 10.4. The number of hydrogen-bond acceptors (Lipinski definition) is 3. The van der Waals surface area contributed by atoms with Crippen molar-refractivity contribution in [2.45, 2.75) is 0 Å². The summed E-state index contributed by atoms with van der Waals surface area (Å²) in [6.07, 6.45) is 3.30. The monoisotopic (exact) mass is 238 g/mol. The second kappa shape index (κ2) is 5.01. The average molecular weight is 239 g/mol. The van der Waals surface area contributed by atoms with Crippen LogP contribution in [0.15, 0.2) is 36.7 Å². The fourth-order valence-electron chi connectivity index (χ4n) is 1.31. The minimum atomic E-state index is -0.0166. The minimum Gasteiger partial charge on any atom is -0.488 e. The van der Waals surface area contributed by atoms with Gasteiger partial charge < -0.3 is 9.84 Å². The zero-order valence-electron chi connectivity index (χ0n) is 8.51. The molecule has 84 valence electrons. The number of nitrogens with zero attached hydrogens (tertiary/aromatic N) is 2. The van der Waals surface area contributed by atoms with Gasteiger partial charge in [0, 0.05) is 0 Å². The molecule has 1 heterocycles. The SMILES string of the molecule is OCCOc1cnn(-c2ccccc2Cl)c1. The highest BCUT2D eigenvalue weighted by Crippen LogP contribution is 2.20. The van der Waals surface area contributed by atoms with Crippen molar-refractivity contribution in [1.29, 1.82) is 0 Å². The first-order valence-corrected chi connectivity index (χ1v) is 5.22. The van der Waals surface area contributed by atoms with Gasteiger partial charge in [-0.3, -0.25) is 0 Å². The van der Waals surface area contributed by atoms with Gasteiger partial charge in [-0.15, -0.1) is 0 Å². The van der Waals surface area contributed by atoms with Gasteiger partial charge in [-0.25, -0.2) is 4.68 Å². The van der Waals surface area contributed by atoms with Crippen molar-refractivity contribution in [3.8, 4) is 11.4 Å². The van der Waals surface area contributed by atoms with Crippen molar-refractivity contribution < 1.29 is 9.84 Å². The molecule has 16 heavy (non-hydrogen) atoms. The molecule has 0 saturated carbocycles. The average Bonchev–Trinajstić information content (AvgIpc) is 2.75. The van der Waals surface area contributed by atoms with Gasteiger partial charge in [-0.2, -0.15) is 5.10 Å². The van der Waals surface area contributed by atoms with E-state index in [1.165, 1.54) is 0 Å². The molecule has 1 aromatic heterocycles. The molecular weight excluding hydrogens is 228 g/mol. The van der Waals surface area contributed by atoms with Gasteiger partial charge in [-0.1, -0.05) is 23.7 Å². The molecule has 0 amide bonds. The summed E-state index contributed by atoms with van der Waals surface area (Å²) in [7, 11) is 0. The summed E-state index contributed by atoms with van der Waals surface area (Å²) in [5.74, 6) is 0.606. The summed E-state index contributed by atoms with van der Waals surface area (Å²) in [4.78, 5) is 0. The lowest BCUT2D eigenvalue weighted by Crippen LogP contribution is -2.00. The third kappa shape index (κ3) is 2.35. The number of hydrogen-bond donors (Lipinski definition) is 1. The van der Waals surface area contributed by atoms with E-state index in [0.717, 1.165) is 5.69 Å². The highest BCUT2D eigenvalue weighted by Gasteiger charge is 2.04. The highest BCUT2D eigenvalue weighted by atomic mass is 35.5. The third-order valence-corrected chi connectivity index (χ3v) is 2.34. The Morgan fingerprint density at radius 2 is 2.19 bits per heavy atom. The van der Waals surface area contributed by atoms with Crippen LogP contribution in [0.4, 0.5) is 0 Å². The number of para-hydroxylation sites is 1. The second-order valence-electron chi connectivity index (χ2n) is 3.14. The van der Waals surface area contributed by atoms with E-state index < -0.39 is 0 Å². The standard InChI is InChI=1S/C11H11ClN2O2/c12-10-3-1-2-4-11(10)14-8-9(7-13-14)16-6-5-15/h1-4,7-8,15H,5-6H2. The molecule has 0 aliphatic heterocycles. The Kier molecular flexibility index (Phi) is 3.44. The molecule has 1 N–H and O–H groups in total. The van der Waals surface area contributed by atoms with Gasteiger partial charge in [0.2, 0.25) is 0 Å². The highest BCUT2D eigenvalue weighted by molar-refractivity contribution is 6.32. The molecule has 2 rings (SSSR count). The lowest BCUT2D eigenvalue weighted by molar-refractivity contribution is 0.201. The van der Waals surface area contributed by atoms with E-state index in [-0.39, 0.29) is 13.2 Å². The number of benzene rings is 1. The van der Waals surface area contributed by atoms with Crippen molar-refractivity contribution in [1.82, 2.24) is 9.78 Å². The van der Waals surface area contributed by atoms with Gasteiger partial charge in [0.25, 0.3) is 0 Å². The Bertz CT molecular complexity index is 471. The summed E-state index contributed by atoms with van der Waals surface area (Å²) in [6.45, 7) is 0.242. The quantitative estimate of drug-likeness (QED) is 0.885. The molecule has 0 spiro atoms. The predicted molar refractivity (Wildman–Crippen MR) is 61.2 cm³/mol. The Labute approximate surface area is 98.0 Å². The predicted octanol–water partition coefficient (Wildman–Crippen LogP) is 1.90. The number of aliphatic hydroxyl groups excluding tert-OH is 1. The summed E-state index contributed by atoms with van der Waals surface area (Å²) >= 11 is 6.03. The van der Waals surface area contributed by atoms with Gasteiger partial charge in [-0.05, 0) is 12.1 Å². The van der Waals surface area contributed by atoms with Crippen molar-refractivity contribution in [3.63, 3.8) is 0 Å². The van der Waals surface area contributed by atoms with Crippen LogP contribution in [-0.4, -0.2) is 28.1 Å². The molecule has 4 nitrogen and oxygen atoms in total. The summed E-state index contributed by atoms with van der Waals surface area (Å²) in [5.41, 5.74) is 0.794. The van der Waals surface area contributed by atoms with Gasteiger partial charge in [0.05, 0.1) is 29.7 Å². The number of aromatic nitrogens is 2. The van der Waals surface area contributed by atoms with Gasteiger partial charge in [0.15, 0.2) is 5.75 Å². The van der Waals surface area contributed by atoms with Crippen molar-refractivity contribution in [2.24, 2.45) is 0 Å². The fourth-order valence-corrected chi connectivity index (χ4v) is 1.54. The molecule has 2 aromatic rings. The van der Waals surface area contributed by atoms with E-state index in [1.54, 1.807) is 23.1 Å². The van der Waals surface area contributed by atoms with Crippen LogP contribution in [-0.2, 0) is 0 Å². The summed E-state index contributed by atoms with van der Waals surface area (Å²) < 4.78 is 6.85. The molecule has 0 unspecified atom stereocenters. The molecule has 0 bridgehead atoms. The lowest BCUT2D eigenvalue weighted by atomic mass is 10.3. The zero-order chi connectivity index (χ0) is 11.4. The first-order chi connectivity index (χ1) is 7.81. The number of rotatable bonds is 4. The summed E-state index contributed by atoms with van der Waals surface area (Å²) in [6, 6.07) is 7.41. The van der Waals surface area contributed by atoms with Crippen LogP contribution in [0.25, 0.3) is 5.69 Å². The maximum atomic E-state index is 8.62. The number of aliphatic hydroxyl groups is 1. The van der Waals surface area contributed by atoms with Crippen LogP contribution >= 0.6 is 11.6 Å². The molecule has 0 aliphatic rings. The Morgan fingerprint density at radius 3 is 2.94 bits per heavy atom. The molecule has 0 saturated heterocycles. The maximum Gasteiger partial charge on any atom is 0.157 e. The smallest absolute Gasteiger partial charge is 0.157 e.